The number of methoxy groups -OCH3 is 1. The zero-order valence-electron chi connectivity index (χ0n) is 11.3. The molecule has 0 saturated heterocycles. The van der Waals surface area contributed by atoms with Crippen molar-refractivity contribution in [2.45, 2.75) is 6.42 Å². The smallest absolute Gasteiger partial charge is 0.313 e. The van der Waals surface area contributed by atoms with E-state index in [2.05, 4.69) is 4.74 Å². The van der Waals surface area contributed by atoms with E-state index in [1.165, 1.54) is 13.4 Å². The molecule has 0 aliphatic rings. The molecule has 0 aliphatic heterocycles. The van der Waals surface area contributed by atoms with Crippen LogP contribution in [0.2, 0.25) is 0 Å². The Hall–Kier alpha value is -2.82. The maximum atomic E-state index is 11.8. The van der Waals surface area contributed by atoms with Gasteiger partial charge in [-0.3, -0.25) is 9.59 Å². The van der Waals surface area contributed by atoms with Crippen LogP contribution in [0.3, 0.4) is 0 Å². The molecule has 0 bridgehead atoms. The van der Waals surface area contributed by atoms with Gasteiger partial charge in [0.1, 0.15) is 24.0 Å². The molecule has 0 fully saturated rings. The number of hydrogen-bond donors (Lipinski definition) is 0. The minimum atomic E-state index is -0.596. The van der Waals surface area contributed by atoms with Crippen molar-refractivity contribution in [3.05, 3.63) is 48.4 Å². The van der Waals surface area contributed by atoms with Gasteiger partial charge in [0.25, 0.3) is 0 Å². The van der Waals surface area contributed by atoms with Gasteiger partial charge in [0.2, 0.25) is 5.78 Å². The second kappa shape index (κ2) is 5.28. The number of fused-ring (bicyclic) bond motifs is 1. The van der Waals surface area contributed by atoms with Gasteiger partial charge in [-0.2, -0.15) is 0 Å². The van der Waals surface area contributed by atoms with Crippen molar-refractivity contribution in [3.8, 4) is 11.3 Å². The predicted octanol–water partition coefficient (Wildman–Crippen LogP) is 3.44. The van der Waals surface area contributed by atoms with Crippen molar-refractivity contribution in [1.82, 2.24) is 0 Å². The Morgan fingerprint density at radius 2 is 2.00 bits per heavy atom. The standard InChI is InChI=1S/C16H12O5/c1-19-16(18)8-12(17)15-7-11(9-20-15)14-6-10-4-2-3-5-13(10)21-14/h2-7,9H,8H2,1H3. The molecule has 5 heteroatoms. The van der Waals surface area contributed by atoms with E-state index in [0.717, 1.165) is 11.0 Å². The number of ketones is 1. The van der Waals surface area contributed by atoms with Crippen molar-refractivity contribution in [2.75, 3.05) is 7.11 Å². The van der Waals surface area contributed by atoms with Gasteiger partial charge in [-0.1, -0.05) is 18.2 Å². The maximum Gasteiger partial charge on any atom is 0.313 e. The van der Waals surface area contributed by atoms with Gasteiger partial charge in [0.05, 0.1) is 12.7 Å². The van der Waals surface area contributed by atoms with E-state index in [4.69, 9.17) is 8.83 Å². The number of rotatable bonds is 4. The molecule has 21 heavy (non-hydrogen) atoms. The van der Waals surface area contributed by atoms with Crippen LogP contribution in [0.25, 0.3) is 22.3 Å². The second-order valence-electron chi connectivity index (χ2n) is 4.52. The monoisotopic (exact) mass is 284 g/mol. The molecule has 1 aromatic carbocycles. The van der Waals surface area contributed by atoms with E-state index >= 15 is 0 Å². The third-order valence-corrected chi connectivity index (χ3v) is 3.12. The lowest BCUT2D eigenvalue weighted by Crippen LogP contribution is -2.08. The number of esters is 1. The fourth-order valence-corrected chi connectivity index (χ4v) is 2.03. The molecule has 0 radical (unpaired) electrons. The van der Waals surface area contributed by atoms with E-state index in [-0.39, 0.29) is 12.2 Å². The molecule has 0 aliphatic carbocycles. The van der Waals surface area contributed by atoms with Crippen LogP contribution in [-0.4, -0.2) is 18.9 Å². The first-order valence-electron chi connectivity index (χ1n) is 6.35. The average Bonchev–Trinajstić information content (AvgIpc) is 3.13. The zero-order valence-corrected chi connectivity index (χ0v) is 11.3. The fraction of sp³-hybridized carbons (Fsp3) is 0.125. The lowest BCUT2D eigenvalue weighted by atomic mass is 10.2. The molecule has 3 rings (SSSR count). The zero-order chi connectivity index (χ0) is 14.8. The molecule has 0 spiro atoms. The molecule has 0 atom stereocenters. The van der Waals surface area contributed by atoms with Gasteiger partial charge in [-0.15, -0.1) is 0 Å². The van der Waals surface area contributed by atoms with Crippen molar-refractivity contribution >= 4 is 22.7 Å². The molecule has 0 N–H and O–H groups in total. The Morgan fingerprint density at radius 3 is 2.76 bits per heavy atom. The summed E-state index contributed by atoms with van der Waals surface area (Å²) in [6, 6.07) is 11.0. The van der Waals surface area contributed by atoms with Crippen LogP contribution >= 0.6 is 0 Å². The molecule has 2 heterocycles. The Balaban J connectivity index is 1.87. The summed E-state index contributed by atoms with van der Waals surface area (Å²) in [6.07, 6.45) is 1.09. The van der Waals surface area contributed by atoms with Gasteiger partial charge in [-0.25, -0.2) is 0 Å². The molecule has 2 aromatic heterocycles. The third-order valence-electron chi connectivity index (χ3n) is 3.12. The van der Waals surface area contributed by atoms with Gasteiger partial charge in [-0.05, 0) is 18.2 Å². The number of carbonyl (C=O) groups excluding carboxylic acids is 2. The predicted molar refractivity (Wildman–Crippen MR) is 74.9 cm³/mol. The summed E-state index contributed by atoms with van der Waals surface area (Å²) in [6.45, 7) is 0. The lowest BCUT2D eigenvalue weighted by Gasteiger charge is -1.95. The highest BCUT2D eigenvalue weighted by Gasteiger charge is 2.17. The summed E-state index contributed by atoms with van der Waals surface area (Å²) in [4.78, 5) is 22.9. The average molecular weight is 284 g/mol. The van der Waals surface area contributed by atoms with Crippen molar-refractivity contribution in [3.63, 3.8) is 0 Å². The number of ether oxygens (including phenoxy) is 1. The van der Waals surface area contributed by atoms with E-state index < -0.39 is 11.8 Å². The summed E-state index contributed by atoms with van der Waals surface area (Å²) in [5.41, 5.74) is 1.41. The van der Waals surface area contributed by atoms with Crippen molar-refractivity contribution in [1.29, 1.82) is 0 Å². The van der Waals surface area contributed by atoms with E-state index in [9.17, 15) is 9.59 Å². The molecule has 5 nitrogen and oxygen atoms in total. The van der Waals surface area contributed by atoms with Crippen LogP contribution in [0.4, 0.5) is 0 Å². The highest BCUT2D eigenvalue weighted by molar-refractivity contribution is 6.04. The Kier molecular flexibility index (Phi) is 3.31. The van der Waals surface area contributed by atoms with Crippen molar-refractivity contribution < 1.29 is 23.2 Å². The maximum absolute atomic E-state index is 11.8. The quantitative estimate of drug-likeness (QED) is 0.417. The number of para-hydroxylation sites is 1. The summed E-state index contributed by atoms with van der Waals surface area (Å²) < 4.78 is 15.3. The second-order valence-corrected chi connectivity index (χ2v) is 4.52. The van der Waals surface area contributed by atoms with E-state index in [0.29, 0.717) is 11.3 Å². The fourth-order valence-electron chi connectivity index (χ4n) is 2.03. The SMILES string of the molecule is COC(=O)CC(=O)c1cc(-c2cc3ccccc3o2)co1. The lowest BCUT2D eigenvalue weighted by molar-refractivity contribution is -0.139. The number of carbonyl (C=O) groups is 2. The molecule has 3 aromatic rings. The molecule has 0 amide bonds. The normalized spacial score (nSPS) is 10.7. The number of hydrogen-bond acceptors (Lipinski definition) is 5. The van der Waals surface area contributed by atoms with Crippen LogP contribution < -0.4 is 0 Å². The van der Waals surface area contributed by atoms with Gasteiger partial charge in [0.15, 0.2) is 5.76 Å². The number of furan rings is 2. The number of Topliss-reactive ketones (excluding diaryl/α,β-unsaturated/α-hetero) is 1. The molecular weight excluding hydrogens is 272 g/mol. The van der Waals surface area contributed by atoms with Crippen LogP contribution in [0.5, 0.6) is 0 Å². The summed E-state index contributed by atoms with van der Waals surface area (Å²) >= 11 is 0. The van der Waals surface area contributed by atoms with Crippen LogP contribution in [-0.2, 0) is 9.53 Å². The molecular formula is C16H12O5. The number of benzene rings is 1. The first-order valence-corrected chi connectivity index (χ1v) is 6.35. The van der Waals surface area contributed by atoms with E-state index in [1.54, 1.807) is 6.07 Å². The van der Waals surface area contributed by atoms with Gasteiger partial charge in [0, 0.05) is 5.39 Å². The highest BCUT2D eigenvalue weighted by atomic mass is 16.5. The van der Waals surface area contributed by atoms with Crippen LogP contribution in [0, 0.1) is 0 Å². The molecule has 106 valence electrons. The van der Waals surface area contributed by atoms with Crippen LogP contribution in [0.15, 0.2) is 51.5 Å². The Morgan fingerprint density at radius 1 is 1.19 bits per heavy atom. The summed E-state index contributed by atoms with van der Waals surface area (Å²) in [7, 11) is 1.23. The molecule has 0 unspecified atom stereocenters. The van der Waals surface area contributed by atoms with Crippen molar-refractivity contribution in [2.24, 2.45) is 0 Å². The van der Waals surface area contributed by atoms with E-state index in [1.807, 2.05) is 30.3 Å². The minimum Gasteiger partial charge on any atom is -0.469 e. The summed E-state index contributed by atoms with van der Waals surface area (Å²) in [5.74, 6) is -0.307. The molecule has 0 saturated carbocycles. The van der Waals surface area contributed by atoms with Gasteiger partial charge >= 0.3 is 5.97 Å². The topological polar surface area (TPSA) is 69.7 Å². The van der Waals surface area contributed by atoms with Gasteiger partial charge < -0.3 is 13.6 Å². The largest absolute Gasteiger partial charge is 0.469 e. The third kappa shape index (κ3) is 2.58. The summed E-state index contributed by atoms with van der Waals surface area (Å²) in [5, 5.41) is 0.969. The van der Waals surface area contributed by atoms with Crippen LogP contribution in [0.1, 0.15) is 17.0 Å². The Bertz CT molecular complexity index is 776. The first kappa shape index (κ1) is 13.2. The minimum absolute atomic E-state index is 0.107. The Labute approximate surface area is 120 Å². The first-order chi connectivity index (χ1) is 10.2. The highest BCUT2D eigenvalue weighted by Crippen LogP contribution is 2.29.